The number of aliphatic hydroxyl groups excluding tert-OH is 1. The topological polar surface area (TPSA) is 488 Å². The van der Waals surface area contributed by atoms with Gasteiger partial charge in [0.1, 0.15) is 72.2 Å². The Hall–Kier alpha value is -10.4. The zero-order valence-corrected chi connectivity index (χ0v) is 59.4. The third-order valence-corrected chi connectivity index (χ3v) is 17.7. The number of benzene rings is 4. The fourth-order valence-electron chi connectivity index (χ4n) is 11.9. The Kier molecular flexibility index (Phi) is 31.4. The summed E-state index contributed by atoms with van der Waals surface area (Å²) in [7, 11) is 0. The van der Waals surface area contributed by atoms with Gasteiger partial charge in [-0.05, 0) is 116 Å². The number of likely N-dealkylation sites (tertiary alicyclic amines) is 1. The van der Waals surface area contributed by atoms with E-state index in [2.05, 4.69) is 63.5 Å². The first-order chi connectivity index (χ1) is 48.9. The predicted molar refractivity (Wildman–Crippen MR) is 382 cm³/mol. The molecular weight excluding hydrogens is 1350 g/mol. The van der Waals surface area contributed by atoms with E-state index >= 15 is 9.59 Å². The largest absolute Gasteiger partial charge is 0.508 e. The van der Waals surface area contributed by atoms with E-state index in [1.165, 1.54) is 43.0 Å². The molecule has 0 radical (unpaired) electrons. The number of fused-ring (bicyclic) bond motifs is 1. The number of unbranched alkanes of at least 4 members (excludes halogenated alkanes) is 1. The van der Waals surface area contributed by atoms with Crippen LogP contribution in [0.2, 0.25) is 5.02 Å². The highest BCUT2D eigenvalue weighted by Crippen LogP contribution is 2.23. The number of aromatic hydroxyl groups is 1. The molecule has 6 rings (SSSR count). The Morgan fingerprint density at radius 2 is 1.27 bits per heavy atom. The van der Waals surface area contributed by atoms with Gasteiger partial charge in [-0.1, -0.05) is 112 Å². The molecule has 2 saturated heterocycles. The van der Waals surface area contributed by atoms with Gasteiger partial charge in [-0.25, -0.2) is 0 Å². The average Bonchev–Trinajstić information content (AvgIpc) is 1.79. The minimum atomic E-state index is -1.88. The molecule has 0 saturated carbocycles. The van der Waals surface area contributed by atoms with E-state index in [0.29, 0.717) is 41.0 Å². The van der Waals surface area contributed by atoms with Crippen molar-refractivity contribution in [1.82, 2.24) is 63.4 Å². The van der Waals surface area contributed by atoms with E-state index in [0.717, 1.165) is 17.7 Å². The quantitative estimate of drug-likeness (QED) is 0.0166. The molecule has 0 spiro atoms. The van der Waals surface area contributed by atoms with Crippen LogP contribution < -0.4 is 75.7 Å². The van der Waals surface area contributed by atoms with Gasteiger partial charge in [0.05, 0.1) is 13.0 Å². The van der Waals surface area contributed by atoms with Gasteiger partial charge < -0.3 is 90.8 Å². The number of nitrogens with one attached hydrogen (secondary N) is 11. The van der Waals surface area contributed by atoms with Crippen LogP contribution in [0.3, 0.4) is 0 Å². The zero-order valence-electron chi connectivity index (χ0n) is 58.7. The number of carbonyl (C=O) groups is 13. The fraction of sp³-hybridized carbons (Fsp3) is 0.493. The van der Waals surface area contributed by atoms with E-state index in [4.69, 9.17) is 28.8 Å². The molecule has 103 heavy (non-hydrogen) atoms. The average molecular weight is 1450 g/mol. The normalized spacial score (nSPS) is 19.8. The lowest BCUT2D eigenvalue weighted by Gasteiger charge is -2.31. The van der Waals surface area contributed by atoms with Crippen LogP contribution in [0.4, 0.5) is 0 Å². The van der Waals surface area contributed by atoms with Crippen LogP contribution >= 0.6 is 11.6 Å². The van der Waals surface area contributed by atoms with Crippen LogP contribution in [0.25, 0.3) is 10.8 Å². The van der Waals surface area contributed by atoms with Crippen LogP contribution in [0, 0.1) is 5.92 Å². The van der Waals surface area contributed by atoms with Gasteiger partial charge in [-0.15, -0.1) is 0 Å². The standard InChI is InChI=1S/C71H97ClN16O15/c1-7-8-15-48-35-55(82-61(94)40(5)77-59(92)36-56(79-41(6)90)67(100)84-52(62(95)80-48)32-42-19-24-47(72)25-20-42)66(99)87-57(37-89)68(101)86-53(33-43-21-26-49(91)27-22-43)64(97)85-54(34-44-18-23-45-13-9-10-14-46(45)31-44)65(98)83-51(30-38(2)3)63(96)81-50(16-11-28-76-71(74)75)70(103)88-29-12-17-58(88)69(102)78-39(4)60(73)93/h9-10,13-14,18-27,31,38-40,48,50-58,89,91H,7-8,11-12,15-17,28-30,32-37H2,1-6H3,(H2,73,93)(H,77,92)(H,78,102)(H,79,90)(H,80,95)(H,81,96)(H,82,94)(H,83,98)(H,84,100)(H,85,97)(H,86,101)(H,87,99)(H4,74,75,76)/t39?,40?,48?,50-,51+,52+,53-,54?,55+,56?,57-,58+/m0/s1. The van der Waals surface area contributed by atoms with Gasteiger partial charge in [0.2, 0.25) is 76.8 Å². The third-order valence-electron chi connectivity index (χ3n) is 17.5. The van der Waals surface area contributed by atoms with E-state index in [-0.39, 0.29) is 88.5 Å². The summed E-state index contributed by atoms with van der Waals surface area (Å²) in [6.07, 6.45) is 0.392. The maximum absolute atomic E-state index is 15.2. The van der Waals surface area contributed by atoms with Crippen LogP contribution in [-0.2, 0) is 81.6 Å². The molecule has 2 aliphatic heterocycles. The first-order valence-electron chi connectivity index (χ1n) is 34.5. The smallest absolute Gasteiger partial charge is 0.245 e. The number of rotatable bonds is 31. The maximum atomic E-state index is 15.2. The lowest BCUT2D eigenvalue weighted by atomic mass is 9.98. The highest BCUT2D eigenvalue weighted by atomic mass is 35.5. The Morgan fingerprint density at radius 3 is 1.89 bits per heavy atom. The predicted octanol–water partition coefficient (Wildman–Crippen LogP) is -0.829. The van der Waals surface area contributed by atoms with Gasteiger partial charge in [-0.2, -0.15) is 0 Å². The van der Waals surface area contributed by atoms with Crippen LogP contribution in [0.1, 0.15) is 122 Å². The zero-order chi connectivity index (χ0) is 75.6. The molecule has 0 aliphatic carbocycles. The summed E-state index contributed by atoms with van der Waals surface area (Å²) >= 11 is 6.16. The Bertz CT molecular complexity index is 3710. The molecule has 32 heteroatoms. The van der Waals surface area contributed by atoms with Gasteiger partial charge in [0, 0.05) is 50.3 Å². The second-order valence-electron chi connectivity index (χ2n) is 26.4. The van der Waals surface area contributed by atoms with Crippen molar-refractivity contribution in [3.05, 3.63) is 113 Å². The number of guanidine groups is 1. The van der Waals surface area contributed by atoms with Crippen molar-refractivity contribution in [3.63, 3.8) is 0 Å². The molecular formula is C71H97ClN16O15. The third kappa shape index (κ3) is 25.9. The van der Waals surface area contributed by atoms with Crippen molar-refractivity contribution in [2.24, 2.45) is 28.1 Å². The molecule has 13 amide bonds. The summed E-state index contributed by atoms with van der Waals surface area (Å²) in [6.45, 7) is 8.36. The number of carbonyl (C=O) groups excluding carboxylic acids is 13. The molecule has 12 atom stereocenters. The summed E-state index contributed by atoms with van der Waals surface area (Å²) in [5.41, 5.74) is 18.1. The van der Waals surface area contributed by atoms with Gasteiger partial charge >= 0.3 is 0 Å². The molecule has 4 aromatic rings. The molecule has 0 aromatic heterocycles. The summed E-state index contributed by atoms with van der Waals surface area (Å²) in [5, 5.41) is 52.3. The molecule has 558 valence electrons. The number of phenols is 1. The maximum Gasteiger partial charge on any atom is 0.245 e. The van der Waals surface area contributed by atoms with E-state index in [1.807, 2.05) is 37.3 Å². The number of aliphatic hydroxyl groups is 1. The molecule has 31 nitrogen and oxygen atoms in total. The minimum absolute atomic E-state index is 0.00242. The number of hydrogen-bond acceptors (Lipinski definition) is 16. The van der Waals surface area contributed by atoms with Crippen molar-refractivity contribution >= 4 is 105 Å². The minimum Gasteiger partial charge on any atom is -0.508 e. The van der Waals surface area contributed by atoms with Crippen molar-refractivity contribution in [2.75, 3.05) is 19.7 Å². The van der Waals surface area contributed by atoms with Gasteiger partial charge in [0.15, 0.2) is 5.96 Å². The van der Waals surface area contributed by atoms with Gasteiger partial charge in [0.25, 0.3) is 0 Å². The highest BCUT2D eigenvalue weighted by Gasteiger charge is 2.41. The molecule has 0 bridgehead atoms. The van der Waals surface area contributed by atoms with Crippen LogP contribution in [-0.4, -0.2) is 190 Å². The fourth-order valence-corrected chi connectivity index (χ4v) is 12.1. The second-order valence-corrected chi connectivity index (χ2v) is 26.9. The number of primary amides is 1. The summed E-state index contributed by atoms with van der Waals surface area (Å²) in [5.74, 6) is -11.7. The Balaban J connectivity index is 1.31. The number of nitrogens with zero attached hydrogens (tertiary/aromatic N) is 2. The van der Waals surface area contributed by atoms with Crippen LogP contribution in [0.5, 0.6) is 5.75 Å². The second kappa shape index (κ2) is 39.7. The number of amides is 13. The van der Waals surface area contributed by atoms with Crippen molar-refractivity contribution in [3.8, 4) is 5.75 Å². The molecule has 5 unspecified atom stereocenters. The van der Waals surface area contributed by atoms with Crippen LogP contribution in [0.15, 0.2) is 96.0 Å². The van der Waals surface area contributed by atoms with E-state index < -0.39 is 162 Å². The molecule has 2 heterocycles. The Morgan fingerprint density at radius 1 is 0.670 bits per heavy atom. The lowest BCUT2D eigenvalue weighted by molar-refractivity contribution is -0.142. The van der Waals surface area contributed by atoms with E-state index in [1.54, 1.807) is 50.2 Å². The highest BCUT2D eigenvalue weighted by molar-refractivity contribution is 6.30. The monoisotopic (exact) mass is 1450 g/mol. The van der Waals surface area contributed by atoms with Gasteiger partial charge in [-0.3, -0.25) is 67.3 Å². The molecule has 19 N–H and O–H groups in total. The lowest BCUT2D eigenvalue weighted by Crippen LogP contribution is -2.61. The first kappa shape index (κ1) is 81.5. The van der Waals surface area contributed by atoms with Crippen molar-refractivity contribution < 1.29 is 72.5 Å². The number of halogens is 1. The Labute approximate surface area is 602 Å². The number of aliphatic imine (C=N–C) groups is 1. The van der Waals surface area contributed by atoms with Crippen molar-refractivity contribution in [1.29, 1.82) is 0 Å². The molecule has 2 fully saturated rings. The molecule has 2 aliphatic rings. The number of hydrogen-bond donors (Lipinski definition) is 16. The SMILES string of the molecule is CCCCC1C[C@H](C(=O)N[C@@H](CO)C(=O)N[C@@H](Cc2ccc(O)cc2)C(=O)NC(Cc2ccc3ccccc3c2)C(=O)N[C@H](CC(C)C)C(=O)N[C@@H](CCCN=C(N)N)C(=O)N2CCC[C@@H]2C(=O)NC(C)C(N)=O)NC(=O)C(C)NC(=O)CC(NC(C)=O)C(=O)N[C@H](Cc2ccc(Cl)cc2)C(=O)N1. The summed E-state index contributed by atoms with van der Waals surface area (Å²) < 4.78 is 0. The van der Waals surface area contributed by atoms with Crippen molar-refractivity contribution in [2.45, 2.75) is 198 Å². The first-order valence-corrected chi connectivity index (χ1v) is 34.9. The number of nitrogens with two attached hydrogens (primary N) is 3. The van der Waals surface area contributed by atoms with E-state index in [9.17, 15) is 63.0 Å². The summed E-state index contributed by atoms with van der Waals surface area (Å²) in [4.78, 5) is 188. The molecule has 4 aromatic carbocycles. The summed E-state index contributed by atoms with van der Waals surface area (Å²) in [6, 6.07) is 8.16. The number of phenolic OH excluding ortho intramolecular Hbond substituents is 1.